The van der Waals surface area contributed by atoms with Crippen molar-refractivity contribution < 1.29 is 23.1 Å². The highest BCUT2D eigenvalue weighted by molar-refractivity contribution is 5.76. The number of likely N-dealkylation sites (tertiary alicyclic amines) is 1. The molecule has 112 valence electrons. The SMILES string of the molecule is CN(C)C[C@@H]1CCN(C(=O)CCC(F)(F)F)C[C@H]1O. The lowest BCUT2D eigenvalue weighted by molar-refractivity contribution is -0.151. The van der Waals surface area contributed by atoms with Crippen LogP contribution in [0.4, 0.5) is 13.2 Å². The average Bonchev–Trinajstić information content (AvgIpc) is 2.27. The molecule has 1 saturated heterocycles. The van der Waals surface area contributed by atoms with E-state index in [0.717, 1.165) is 0 Å². The van der Waals surface area contributed by atoms with E-state index in [-0.39, 0.29) is 12.5 Å². The van der Waals surface area contributed by atoms with Crippen LogP contribution in [0.1, 0.15) is 19.3 Å². The van der Waals surface area contributed by atoms with Crippen molar-refractivity contribution in [1.29, 1.82) is 0 Å². The molecule has 0 bridgehead atoms. The third-order valence-corrected chi connectivity index (χ3v) is 3.30. The first-order valence-electron chi connectivity index (χ1n) is 6.36. The number of amides is 1. The van der Waals surface area contributed by atoms with Crippen molar-refractivity contribution in [3.8, 4) is 0 Å². The summed E-state index contributed by atoms with van der Waals surface area (Å²) < 4.78 is 36.1. The van der Waals surface area contributed by atoms with Gasteiger partial charge in [-0.2, -0.15) is 13.2 Å². The lowest BCUT2D eigenvalue weighted by Crippen LogP contribution is -2.49. The van der Waals surface area contributed by atoms with Crippen LogP contribution in [-0.4, -0.2) is 66.8 Å². The van der Waals surface area contributed by atoms with Crippen molar-refractivity contribution in [3.63, 3.8) is 0 Å². The molecule has 7 heteroatoms. The Hall–Kier alpha value is -0.820. The second kappa shape index (κ2) is 6.56. The standard InChI is InChI=1S/C12H21F3N2O2/c1-16(2)7-9-4-6-17(8-10(9)18)11(19)3-5-12(13,14)15/h9-10,18H,3-8H2,1-2H3/t9-,10+/m0/s1. The number of alkyl halides is 3. The largest absolute Gasteiger partial charge is 0.391 e. The van der Waals surface area contributed by atoms with E-state index in [1.165, 1.54) is 4.90 Å². The summed E-state index contributed by atoms with van der Waals surface area (Å²) in [5.41, 5.74) is 0. The van der Waals surface area contributed by atoms with Crippen molar-refractivity contribution in [2.75, 3.05) is 33.7 Å². The third kappa shape index (κ3) is 5.78. The molecule has 1 aliphatic rings. The molecular formula is C12H21F3N2O2. The number of hydrogen-bond donors (Lipinski definition) is 1. The van der Waals surface area contributed by atoms with Gasteiger partial charge in [-0.3, -0.25) is 4.79 Å². The minimum absolute atomic E-state index is 0.0710. The van der Waals surface area contributed by atoms with Crippen LogP contribution in [0.3, 0.4) is 0 Å². The summed E-state index contributed by atoms with van der Waals surface area (Å²) in [5.74, 6) is -0.457. The first-order chi connectivity index (χ1) is 8.69. The molecule has 0 spiro atoms. The highest BCUT2D eigenvalue weighted by atomic mass is 19.4. The summed E-state index contributed by atoms with van der Waals surface area (Å²) >= 11 is 0. The Morgan fingerprint density at radius 3 is 2.53 bits per heavy atom. The number of halogens is 3. The first-order valence-corrected chi connectivity index (χ1v) is 6.36. The second-order valence-electron chi connectivity index (χ2n) is 5.33. The molecule has 19 heavy (non-hydrogen) atoms. The van der Waals surface area contributed by atoms with Crippen LogP contribution in [-0.2, 0) is 4.79 Å². The van der Waals surface area contributed by atoms with Gasteiger partial charge in [-0.15, -0.1) is 0 Å². The van der Waals surface area contributed by atoms with Crippen LogP contribution in [0.2, 0.25) is 0 Å². The molecule has 0 radical (unpaired) electrons. The third-order valence-electron chi connectivity index (χ3n) is 3.30. The van der Waals surface area contributed by atoms with Crippen LogP contribution >= 0.6 is 0 Å². The summed E-state index contributed by atoms with van der Waals surface area (Å²) in [6.45, 7) is 1.27. The Labute approximate surface area is 111 Å². The van der Waals surface area contributed by atoms with E-state index < -0.39 is 31.0 Å². The van der Waals surface area contributed by atoms with Gasteiger partial charge in [0.05, 0.1) is 12.5 Å². The molecule has 1 heterocycles. The van der Waals surface area contributed by atoms with E-state index in [1.807, 2.05) is 19.0 Å². The van der Waals surface area contributed by atoms with Gasteiger partial charge in [-0.05, 0) is 20.5 Å². The number of rotatable bonds is 4. The molecule has 4 nitrogen and oxygen atoms in total. The summed E-state index contributed by atoms with van der Waals surface area (Å²) in [4.78, 5) is 14.9. The van der Waals surface area contributed by atoms with E-state index in [0.29, 0.717) is 19.5 Å². The van der Waals surface area contributed by atoms with Crippen molar-refractivity contribution in [2.24, 2.45) is 5.92 Å². The van der Waals surface area contributed by atoms with Gasteiger partial charge >= 0.3 is 6.18 Å². The van der Waals surface area contributed by atoms with Gasteiger partial charge in [0.2, 0.25) is 5.91 Å². The fraction of sp³-hybridized carbons (Fsp3) is 0.917. The molecule has 0 aromatic rings. The van der Waals surface area contributed by atoms with Crippen LogP contribution in [0.15, 0.2) is 0 Å². The maximum atomic E-state index is 12.0. The van der Waals surface area contributed by atoms with Gasteiger partial charge in [0.1, 0.15) is 0 Å². The van der Waals surface area contributed by atoms with Crippen LogP contribution in [0.5, 0.6) is 0 Å². The van der Waals surface area contributed by atoms with E-state index in [4.69, 9.17) is 0 Å². The van der Waals surface area contributed by atoms with Gasteiger partial charge in [0, 0.05) is 32.0 Å². The number of nitrogens with zero attached hydrogens (tertiary/aromatic N) is 2. The number of aliphatic hydroxyl groups is 1. The van der Waals surface area contributed by atoms with Gasteiger partial charge in [0.25, 0.3) is 0 Å². The number of piperidine rings is 1. The van der Waals surface area contributed by atoms with Crippen LogP contribution in [0, 0.1) is 5.92 Å². The summed E-state index contributed by atoms with van der Waals surface area (Å²) in [7, 11) is 3.79. The highest BCUT2D eigenvalue weighted by Crippen LogP contribution is 2.24. The quantitative estimate of drug-likeness (QED) is 0.840. The Morgan fingerprint density at radius 1 is 1.42 bits per heavy atom. The van der Waals surface area contributed by atoms with Gasteiger partial charge in [-0.1, -0.05) is 0 Å². The molecule has 0 unspecified atom stereocenters. The molecule has 0 aromatic carbocycles. The van der Waals surface area contributed by atoms with E-state index >= 15 is 0 Å². The predicted molar refractivity (Wildman–Crippen MR) is 64.5 cm³/mol. The smallest absolute Gasteiger partial charge is 0.389 e. The summed E-state index contributed by atoms with van der Waals surface area (Å²) in [5, 5.41) is 9.92. The van der Waals surface area contributed by atoms with Gasteiger partial charge < -0.3 is 14.9 Å². The molecule has 0 aliphatic carbocycles. The minimum atomic E-state index is -4.31. The van der Waals surface area contributed by atoms with Crippen molar-refractivity contribution in [1.82, 2.24) is 9.80 Å². The molecule has 1 N–H and O–H groups in total. The Morgan fingerprint density at radius 2 is 2.05 bits per heavy atom. The first kappa shape index (κ1) is 16.2. The average molecular weight is 282 g/mol. The predicted octanol–water partition coefficient (Wildman–Crippen LogP) is 1.10. The highest BCUT2D eigenvalue weighted by Gasteiger charge is 2.33. The molecule has 1 amide bonds. The Balaban J connectivity index is 2.40. The van der Waals surface area contributed by atoms with E-state index in [1.54, 1.807) is 0 Å². The van der Waals surface area contributed by atoms with Crippen LogP contribution < -0.4 is 0 Å². The maximum absolute atomic E-state index is 12.0. The van der Waals surface area contributed by atoms with Crippen molar-refractivity contribution in [2.45, 2.75) is 31.5 Å². The summed E-state index contributed by atoms with van der Waals surface area (Å²) in [6, 6.07) is 0. The molecule has 1 rings (SSSR count). The lowest BCUT2D eigenvalue weighted by atomic mass is 9.93. The Bertz CT molecular complexity index is 308. The zero-order valence-corrected chi connectivity index (χ0v) is 11.3. The van der Waals surface area contributed by atoms with Gasteiger partial charge in [-0.25, -0.2) is 0 Å². The van der Waals surface area contributed by atoms with E-state index in [9.17, 15) is 23.1 Å². The van der Waals surface area contributed by atoms with Gasteiger partial charge in [0.15, 0.2) is 0 Å². The number of β-amino-alcohol motifs (C(OH)–C–C–N with tert-alkyl or cyclic N) is 1. The van der Waals surface area contributed by atoms with E-state index in [2.05, 4.69) is 0 Å². The second-order valence-corrected chi connectivity index (χ2v) is 5.33. The monoisotopic (exact) mass is 282 g/mol. The van der Waals surface area contributed by atoms with Crippen molar-refractivity contribution >= 4 is 5.91 Å². The number of aliphatic hydroxyl groups excluding tert-OH is 1. The topological polar surface area (TPSA) is 43.8 Å². The fourth-order valence-electron chi connectivity index (χ4n) is 2.30. The molecule has 1 fully saturated rings. The minimum Gasteiger partial charge on any atom is -0.391 e. The molecule has 0 saturated carbocycles. The maximum Gasteiger partial charge on any atom is 0.389 e. The number of hydrogen-bond acceptors (Lipinski definition) is 3. The zero-order chi connectivity index (χ0) is 14.6. The summed E-state index contributed by atoms with van der Waals surface area (Å²) in [6.07, 6.45) is -5.98. The number of carbonyl (C=O) groups is 1. The zero-order valence-electron chi connectivity index (χ0n) is 11.3. The molecule has 1 aliphatic heterocycles. The fourth-order valence-corrected chi connectivity index (χ4v) is 2.30. The number of carbonyl (C=O) groups excluding carboxylic acids is 1. The molecule has 0 aromatic heterocycles. The molecular weight excluding hydrogens is 261 g/mol. The normalized spacial score (nSPS) is 24.9. The van der Waals surface area contributed by atoms with Crippen molar-refractivity contribution in [3.05, 3.63) is 0 Å². The van der Waals surface area contributed by atoms with Crippen LogP contribution in [0.25, 0.3) is 0 Å². The lowest BCUT2D eigenvalue weighted by Gasteiger charge is -2.37. The molecule has 2 atom stereocenters. The Kier molecular flexibility index (Phi) is 5.61.